The van der Waals surface area contributed by atoms with E-state index in [4.69, 9.17) is 11.6 Å². The minimum Gasteiger partial charge on any atom is -0.337 e. The molecule has 1 aliphatic heterocycles. The summed E-state index contributed by atoms with van der Waals surface area (Å²) in [6.45, 7) is 4.97. The topological polar surface area (TPSA) is 75.5 Å². The Bertz CT molecular complexity index is 935. The molecule has 142 valence electrons. The van der Waals surface area contributed by atoms with Gasteiger partial charge < -0.3 is 4.90 Å². The van der Waals surface area contributed by atoms with Crippen LogP contribution in [0.3, 0.4) is 0 Å². The molecule has 1 aliphatic rings. The summed E-state index contributed by atoms with van der Waals surface area (Å²) in [4.78, 5) is 15.1. The third-order valence-electron chi connectivity index (χ3n) is 4.57. The molecule has 0 aromatic carbocycles. The number of nitrogens with zero attached hydrogens (tertiary/aromatic N) is 4. The molecule has 0 radical (unpaired) electrons. The van der Waals surface area contributed by atoms with Crippen LogP contribution in [0, 0.1) is 13.8 Å². The number of carbonyl (C=O) groups is 1. The van der Waals surface area contributed by atoms with Crippen LogP contribution in [0.25, 0.3) is 0 Å². The third-order valence-corrected chi connectivity index (χ3v) is 7.94. The van der Waals surface area contributed by atoms with Crippen LogP contribution in [-0.4, -0.2) is 59.5 Å². The fourth-order valence-corrected chi connectivity index (χ4v) is 6.06. The van der Waals surface area contributed by atoms with E-state index in [2.05, 4.69) is 5.10 Å². The van der Waals surface area contributed by atoms with Crippen LogP contribution in [-0.2, 0) is 17.1 Å². The van der Waals surface area contributed by atoms with Crippen LogP contribution in [0.15, 0.2) is 17.0 Å². The summed E-state index contributed by atoms with van der Waals surface area (Å²) in [5.41, 5.74) is 1.11. The molecule has 0 spiro atoms. The quantitative estimate of drug-likeness (QED) is 0.769. The van der Waals surface area contributed by atoms with E-state index in [0.717, 1.165) is 0 Å². The van der Waals surface area contributed by atoms with E-state index in [1.807, 2.05) is 0 Å². The molecule has 0 atom stereocenters. The number of thiophene rings is 1. The van der Waals surface area contributed by atoms with Gasteiger partial charge in [-0.1, -0.05) is 11.6 Å². The van der Waals surface area contributed by atoms with Gasteiger partial charge >= 0.3 is 0 Å². The van der Waals surface area contributed by atoms with Crippen molar-refractivity contribution < 1.29 is 13.2 Å². The predicted octanol–water partition coefficient (Wildman–Crippen LogP) is 2.29. The van der Waals surface area contributed by atoms with Crippen molar-refractivity contribution in [1.29, 1.82) is 0 Å². The molecule has 3 heterocycles. The van der Waals surface area contributed by atoms with Crippen molar-refractivity contribution in [2.45, 2.75) is 25.2 Å². The monoisotopic (exact) mass is 416 g/mol. The smallest absolute Gasteiger partial charge is 0.264 e. The lowest BCUT2D eigenvalue weighted by Crippen LogP contribution is -2.37. The molecule has 10 heteroatoms. The van der Waals surface area contributed by atoms with Crippen molar-refractivity contribution in [1.82, 2.24) is 19.0 Å². The Kier molecular flexibility index (Phi) is 5.43. The average molecular weight is 417 g/mol. The zero-order valence-electron chi connectivity index (χ0n) is 14.9. The van der Waals surface area contributed by atoms with Gasteiger partial charge in [-0.05, 0) is 32.4 Å². The molecule has 0 bridgehead atoms. The Labute approximate surface area is 162 Å². The lowest BCUT2D eigenvalue weighted by Gasteiger charge is -2.21. The number of rotatable bonds is 3. The standard InChI is InChI=1S/C16H21ClN4O3S2/c1-11-15(12(2)19(3)18-11)26(23,24)21-8-4-7-20(9-10-21)16(22)13-5-6-14(17)25-13/h5-6H,4,7-10H2,1-3H3. The number of halogens is 1. The Morgan fingerprint density at radius 3 is 2.50 bits per heavy atom. The zero-order chi connectivity index (χ0) is 19.1. The summed E-state index contributed by atoms with van der Waals surface area (Å²) in [5, 5.41) is 4.22. The summed E-state index contributed by atoms with van der Waals surface area (Å²) in [6, 6.07) is 3.40. The number of sulfonamides is 1. The van der Waals surface area contributed by atoms with Gasteiger partial charge in [0.15, 0.2) is 0 Å². The molecule has 0 aliphatic carbocycles. The lowest BCUT2D eigenvalue weighted by molar-refractivity contribution is 0.0769. The first-order valence-corrected chi connectivity index (χ1v) is 10.9. The second-order valence-electron chi connectivity index (χ2n) is 6.28. The molecule has 2 aromatic heterocycles. The van der Waals surface area contributed by atoms with Crippen LogP contribution in [0.2, 0.25) is 4.34 Å². The van der Waals surface area contributed by atoms with Crippen molar-refractivity contribution in [3.05, 3.63) is 32.7 Å². The van der Waals surface area contributed by atoms with Crippen LogP contribution in [0.4, 0.5) is 0 Å². The number of amides is 1. The van der Waals surface area contributed by atoms with E-state index in [9.17, 15) is 13.2 Å². The molecular formula is C16H21ClN4O3S2. The van der Waals surface area contributed by atoms with Crippen molar-refractivity contribution in [2.75, 3.05) is 26.2 Å². The summed E-state index contributed by atoms with van der Waals surface area (Å²) >= 11 is 7.15. The van der Waals surface area contributed by atoms with Crippen molar-refractivity contribution in [3.63, 3.8) is 0 Å². The van der Waals surface area contributed by atoms with Crippen LogP contribution in [0.1, 0.15) is 27.5 Å². The third kappa shape index (κ3) is 3.53. The van der Waals surface area contributed by atoms with Gasteiger partial charge in [-0.15, -0.1) is 11.3 Å². The minimum absolute atomic E-state index is 0.102. The molecule has 26 heavy (non-hydrogen) atoms. The van der Waals surface area contributed by atoms with Gasteiger partial charge in [0, 0.05) is 33.2 Å². The highest BCUT2D eigenvalue weighted by atomic mass is 35.5. The number of hydrogen-bond acceptors (Lipinski definition) is 5. The number of hydrogen-bond donors (Lipinski definition) is 0. The number of aryl methyl sites for hydroxylation is 2. The maximum absolute atomic E-state index is 13.1. The Morgan fingerprint density at radius 1 is 1.19 bits per heavy atom. The Hall–Kier alpha value is -1.42. The molecule has 0 saturated carbocycles. The van der Waals surface area contributed by atoms with Crippen molar-refractivity contribution >= 4 is 38.9 Å². The van der Waals surface area contributed by atoms with Crippen LogP contribution < -0.4 is 0 Å². The highest BCUT2D eigenvalue weighted by Gasteiger charge is 2.32. The zero-order valence-corrected chi connectivity index (χ0v) is 17.3. The van der Waals surface area contributed by atoms with E-state index < -0.39 is 10.0 Å². The van der Waals surface area contributed by atoms with E-state index in [1.165, 1.54) is 15.6 Å². The highest BCUT2D eigenvalue weighted by Crippen LogP contribution is 2.26. The Morgan fingerprint density at radius 2 is 1.92 bits per heavy atom. The fraction of sp³-hybridized carbons (Fsp3) is 0.500. The molecule has 2 aromatic rings. The minimum atomic E-state index is -3.64. The summed E-state index contributed by atoms with van der Waals surface area (Å²) in [7, 11) is -1.91. The van der Waals surface area contributed by atoms with Gasteiger partial charge in [0.25, 0.3) is 5.91 Å². The molecule has 3 rings (SSSR count). The Balaban J connectivity index is 1.79. The van der Waals surface area contributed by atoms with E-state index in [1.54, 1.807) is 42.6 Å². The first-order chi connectivity index (χ1) is 12.2. The van der Waals surface area contributed by atoms with Gasteiger partial charge in [-0.25, -0.2) is 8.42 Å². The maximum atomic E-state index is 13.1. The second-order valence-corrected chi connectivity index (χ2v) is 9.87. The van der Waals surface area contributed by atoms with E-state index in [0.29, 0.717) is 46.7 Å². The predicted molar refractivity (Wildman–Crippen MR) is 101 cm³/mol. The summed E-state index contributed by atoms with van der Waals surface area (Å²) in [5.74, 6) is -0.102. The van der Waals surface area contributed by atoms with Crippen molar-refractivity contribution in [3.8, 4) is 0 Å². The number of carbonyl (C=O) groups excluding carboxylic acids is 1. The van der Waals surface area contributed by atoms with Gasteiger partial charge in [0.2, 0.25) is 10.0 Å². The molecule has 1 fully saturated rings. The SMILES string of the molecule is Cc1nn(C)c(C)c1S(=O)(=O)N1CCCN(C(=O)c2ccc(Cl)s2)CC1. The van der Waals surface area contributed by atoms with E-state index >= 15 is 0 Å². The summed E-state index contributed by atoms with van der Waals surface area (Å²) < 4.78 is 29.8. The molecule has 0 unspecified atom stereocenters. The van der Waals surface area contributed by atoms with Gasteiger partial charge in [-0.2, -0.15) is 9.40 Å². The van der Waals surface area contributed by atoms with Gasteiger partial charge in [0.1, 0.15) is 4.90 Å². The first-order valence-electron chi connectivity index (χ1n) is 8.27. The van der Waals surface area contributed by atoms with Gasteiger partial charge in [-0.3, -0.25) is 9.48 Å². The molecular weight excluding hydrogens is 396 g/mol. The second kappa shape index (κ2) is 7.30. The number of aromatic nitrogens is 2. The average Bonchev–Trinajstić information content (AvgIpc) is 2.99. The van der Waals surface area contributed by atoms with Crippen LogP contribution >= 0.6 is 22.9 Å². The maximum Gasteiger partial charge on any atom is 0.264 e. The highest BCUT2D eigenvalue weighted by molar-refractivity contribution is 7.89. The largest absolute Gasteiger partial charge is 0.337 e. The molecule has 1 amide bonds. The normalized spacial score (nSPS) is 16.7. The van der Waals surface area contributed by atoms with E-state index in [-0.39, 0.29) is 17.3 Å². The summed E-state index contributed by atoms with van der Waals surface area (Å²) in [6.07, 6.45) is 0.586. The fourth-order valence-electron chi connectivity index (χ4n) is 3.18. The lowest BCUT2D eigenvalue weighted by atomic mass is 10.3. The first kappa shape index (κ1) is 19.3. The molecule has 1 saturated heterocycles. The van der Waals surface area contributed by atoms with Gasteiger partial charge in [0.05, 0.1) is 20.6 Å². The molecule has 7 nitrogen and oxygen atoms in total. The van der Waals surface area contributed by atoms with Crippen molar-refractivity contribution in [2.24, 2.45) is 7.05 Å². The van der Waals surface area contributed by atoms with Crippen LogP contribution in [0.5, 0.6) is 0 Å². The molecule has 0 N–H and O–H groups in total.